The van der Waals surface area contributed by atoms with E-state index in [4.69, 9.17) is 15.9 Å². The number of rotatable bonds is 12. The van der Waals surface area contributed by atoms with Crippen LogP contribution in [0.15, 0.2) is 0 Å². The van der Waals surface area contributed by atoms with Gasteiger partial charge in [-0.1, -0.05) is 27.7 Å². The van der Waals surface area contributed by atoms with Crippen LogP contribution >= 0.6 is 0 Å². The summed E-state index contributed by atoms with van der Waals surface area (Å²) in [4.78, 5) is 58.9. The van der Waals surface area contributed by atoms with Gasteiger partial charge in [-0.05, 0) is 25.2 Å². The van der Waals surface area contributed by atoms with Crippen molar-refractivity contribution in [2.24, 2.45) is 17.6 Å². The minimum Gasteiger partial charge on any atom is -0.481 e. The zero-order valence-electron chi connectivity index (χ0n) is 17.4. The third-order valence-electron chi connectivity index (χ3n) is 4.05. The number of amides is 3. The fourth-order valence-electron chi connectivity index (χ4n) is 2.42. The Bertz CT molecular complexity index is 621. The van der Waals surface area contributed by atoms with Crippen LogP contribution in [0.2, 0.25) is 0 Å². The molecule has 0 fully saturated rings. The van der Waals surface area contributed by atoms with E-state index >= 15 is 0 Å². The normalized spacial score (nSPS) is 15.2. The van der Waals surface area contributed by atoms with Crippen LogP contribution in [0.25, 0.3) is 0 Å². The quantitative estimate of drug-likeness (QED) is 0.235. The molecule has 0 saturated heterocycles. The van der Waals surface area contributed by atoms with Crippen molar-refractivity contribution in [1.29, 1.82) is 0 Å². The third kappa shape index (κ3) is 9.88. The standard InChI is InChI=1S/C18H32N4O7/c1-8(2)6-12(21-15(25)11(19)7-13(23)24)16(26)22-14(9(3)4)17(27)20-10(5)18(28)29/h8-12,14H,6-7,19H2,1-5H3,(H,20,27)(H,21,25)(H,22,26)(H,23,24)(H,28,29). The smallest absolute Gasteiger partial charge is 0.325 e. The van der Waals surface area contributed by atoms with Crippen LogP contribution in [0.4, 0.5) is 0 Å². The lowest BCUT2D eigenvalue weighted by atomic mass is 9.99. The summed E-state index contributed by atoms with van der Waals surface area (Å²) in [6.45, 7) is 8.30. The molecule has 166 valence electrons. The molecule has 3 amide bonds. The first-order valence-electron chi connectivity index (χ1n) is 9.37. The van der Waals surface area contributed by atoms with Gasteiger partial charge in [-0.15, -0.1) is 0 Å². The minimum absolute atomic E-state index is 0.0000994. The van der Waals surface area contributed by atoms with Crippen molar-refractivity contribution in [2.45, 2.75) is 71.6 Å². The molecule has 0 radical (unpaired) electrons. The first-order valence-corrected chi connectivity index (χ1v) is 9.37. The number of nitrogens with two attached hydrogens (primary N) is 1. The lowest BCUT2D eigenvalue weighted by Gasteiger charge is -2.27. The van der Waals surface area contributed by atoms with Crippen molar-refractivity contribution in [2.75, 3.05) is 0 Å². The van der Waals surface area contributed by atoms with Crippen LogP contribution in [0.3, 0.4) is 0 Å². The van der Waals surface area contributed by atoms with Gasteiger partial charge in [-0.25, -0.2) is 0 Å². The molecule has 11 heteroatoms. The Labute approximate surface area is 169 Å². The Morgan fingerprint density at radius 3 is 1.79 bits per heavy atom. The fraction of sp³-hybridized carbons (Fsp3) is 0.722. The summed E-state index contributed by atoms with van der Waals surface area (Å²) < 4.78 is 0. The van der Waals surface area contributed by atoms with Gasteiger partial charge < -0.3 is 31.9 Å². The van der Waals surface area contributed by atoms with Crippen molar-refractivity contribution < 1.29 is 34.2 Å². The number of hydrogen-bond acceptors (Lipinski definition) is 6. The van der Waals surface area contributed by atoms with E-state index in [1.165, 1.54) is 6.92 Å². The lowest BCUT2D eigenvalue weighted by molar-refractivity contribution is -0.142. The highest BCUT2D eigenvalue weighted by atomic mass is 16.4. The van der Waals surface area contributed by atoms with Gasteiger partial charge in [0.05, 0.1) is 12.5 Å². The highest BCUT2D eigenvalue weighted by molar-refractivity contribution is 5.94. The molecule has 29 heavy (non-hydrogen) atoms. The average Bonchev–Trinajstić information content (AvgIpc) is 2.56. The van der Waals surface area contributed by atoms with Gasteiger partial charge in [-0.3, -0.25) is 24.0 Å². The summed E-state index contributed by atoms with van der Waals surface area (Å²) >= 11 is 0. The predicted molar refractivity (Wildman–Crippen MR) is 104 cm³/mol. The maximum atomic E-state index is 12.7. The van der Waals surface area contributed by atoms with Crippen molar-refractivity contribution in [1.82, 2.24) is 16.0 Å². The van der Waals surface area contributed by atoms with Crippen LogP contribution < -0.4 is 21.7 Å². The predicted octanol–water partition coefficient (Wildman–Crippen LogP) is -0.951. The van der Waals surface area contributed by atoms with Gasteiger partial charge in [0.25, 0.3) is 0 Å². The highest BCUT2D eigenvalue weighted by Gasteiger charge is 2.31. The third-order valence-corrected chi connectivity index (χ3v) is 4.05. The zero-order chi connectivity index (χ0) is 22.9. The molecule has 0 heterocycles. The van der Waals surface area contributed by atoms with Crippen LogP contribution in [0.5, 0.6) is 0 Å². The maximum absolute atomic E-state index is 12.7. The maximum Gasteiger partial charge on any atom is 0.325 e. The summed E-state index contributed by atoms with van der Waals surface area (Å²) in [5, 5.41) is 24.9. The van der Waals surface area contributed by atoms with E-state index in [1.807, 2.05) is 13.8 Å². The molecule has 0 aliphatic rings. The second kappa shape index (κ2) is 12.0. The van der Waals surface area contributed by atoms with Gasteiger partial charge in [0.15, 0.2) is 0 Å². The van der Waals surface area contributed by atoms with E-state index in [-0.39, 0.29) is 18.3 Å². The topological polar surface area (TPSA) is 188 Å². The fourth-order valence-corrected chi connectivity index (χ4v) is 2.42. The highest BCUT2D eigenvalue weighted by Crippen LogP contribution is 2.09. The van der Waals surface area contributed by atoms with E-state index in [0.717, 1.165) is 0 Å². The van der Waals surface area contributed by atoms with Gasteiger partial charge in [0, 0.05) is 0 Å². The molecule has 4 unspecified atom stereocenters. The van der Waals surface area contributed by atoms with Crippen LogP contribution in [0.1, 0.15) is 47.5 Å². The van der Waals surface area contributed by atoms with Crippen molar-refractivity contribution in [3.8, 4) is 0 Å². The summed E-state index contributed by atoms with van der Waals surface area (Å²) in [5.41, 5.74) is 5.53. The van der Waals surface area contributed by atoms with Crippen molar-refractivity contribution in [3.05, 3.63) is 0 Å². The molecule has 0 aliphatic heterocycles. The largest absolute Gasteiger partial charge is 0.481 e. The molecule has 0 aliphatic carbocycles. The first kappa shape index (κ1) is 26.3. The molecule has 0 aromatic heterocycles. The van der Waals surface area contributed by atoms with E-state index in [1.54, 1.807) is 13.8 Å². The molecule has 7 N–H and O–H groups in total. The van der Waals surface area contributed by atoms with Crippen LogP contribution in [-0.4, -0.2) is 64.0 Å². The molecule has 0 aromatic rings. The summed E-state index contributed by atoms with van der Waals surface area (Å²) in [5.74, 6) is -4.93. The molecule has 0 aromatic carbocycles. The zero-order valence-corrected chi connectivity index (χ0v) is 17.4. The number of carboxylic acids is 2. The average molecular weight is 416 g/mol. The Hall–Kier alpha value is -2.69. The van der Waals surface area contributed by atoms with E-state index in [0.29, 0.717) is 0 Å². The van der Waals surface area contributed by atoms with E-state index in [9.17, 15) is 24.0 Å². The minimum atomic E-state index is -1.32. The van der Waals surface area contributed by atoms with E-state index < -0.39 is 60.2 Å². The van der Waals surface area contributed by atoms with Gasteiger partial charge in [-0.2, -0.15) is 0 Å². The monoisotopic (exact) mass is 416 g/mol. The molecule has 0 rings (SSSR count). The number of aliphatic carboxylic acids is 2. The first-order chi connectivity index (χ1) is 13.3. The number of carbonyl (C=O) groups is 5. The van der Waals surface area contributed by atoms with Crippen LogP contribution in [-0.2, 0) is 24.0 Å². The molecule has 0 bridgehead atoms. The molecule has 0 spiro atoms. The SMILES string of the molecule is CC(C)CC(NC(=O)C(N)CC(=O)O)C(=O)NC(C(=O)NC(C)C(=O)O)C(C)C. The van der Waals surface area contributed by atoms with Gasteiger partial charge in [0.1, 0.15) is 18.1 Å². The number of hydrogen-bond donors (Lipinski definition) is 6. The molecular formula is C18H32N4O7. The second-order valence-electron chi connectivity index (χ2n) is 7.69. The Morgan fingerprint density at radius 1 is 0.828 bits per heavy atom. The molecule has 0 saturated carbocycles. The van der Waals surface area contributed by atoms with Crippen molar-refractivity contribution in [3.63, 3.8) is 0 Å². The summed E-state index contributed by atoms with van der Waals surface area (Å²) in [6, 6.07) is -4.52. The summed E-state index contributed by atoms with van der Waals surface area (Å²) in [7, 11) is 0. The van der Waals surface area contributed by atoms with Crippen molar-refractivity contribution >= 4 is 29.7 Å². The Balaban J connectivity index is 5.29. The number of carboxylic acid groups (broad SMARTS) is 2. The Morgan fingerprint density at radius 2 is 1.38 bits per heavy atom. The number of carbonyl (C=O) groups excluding carboxylic acids is 3. The summed E-state index contributed by atoms with van der Waals surface area (Å²) in [6.07, 6.45) is -0.360. The van der Waals surface area contributed by atoms with Gasteiger partial charge >= 0.3 is 11.9 Å². The van der Waals surface area contributed by atoms with Crippen LogP contribution in [0, 0.1) is 11.8 Å². The molecular weight excluding hydrogens is 384 g/mol. The second-order valence-corrected chi connectivity index (χ2v) is 7.69. The van der Waals surface area contributed by atoms with E-state index in [2.05, 4.69) is 16.0 Å². The molecule has 11 nitrogen and oxygen atoms in total. The Kier molecular flexibility index (Phi) is 10.9. The molecule has 4 atom stereocenters. The number of nitrogens with one attached hydrogen (secondary N) is 3. The van der Waals surface area contributed by atoms with Gasteiger partial charge in [0.2, 0.25) is 17.7 Å². The lowest BCUT2D eigenvalue weighted by Crippen LogP contribution is -2.58.